The molecular formula is C14H27N. The highest BCUT2D eigenvalue weighted by atomic mass is 15.2. The molecule has 88 valence electrons. The van der Waals surface area contributed by atoms with Crippen LogP contribution in [0.25, 0.3) is 0 Å². The molecule has 0 aromatic heterocycles. The van der Waals surface area contributed by atoms with Crippen molar-refractivity contribution in [2.24, 2.45) is 11.3 Å². The predicted molar refractivity (Wildman–Crippen MR) is 66.0 cm³/mol. The number of likely N-dealkylation sites (tertiary alicyclic amines) is 1. The van der Waals surface area contributed by atoms with Gasteiger partial charge in [0, 0.05) is 5.54 Å². The Bertz CT molecular complexity index is 227. The van der Waals surface area contributed by atoms with E-state index >= 15 is 0 Å². The van der Waals surface area contributed by atoms with Crippen molar-refractivity contribution in [2.45, 2.75) is 65.3 Å². The van der Waals surface area contributed by atoms with Gasteiger partial charge in [-0.05, 0) is 63.5 Å². The molecule has 0 amide bonds. The van der Waals surface area contributed by atoms with Gasteiger partial charge in [0.1, 0.15) is 0 Å². The fourth-order valence-electron chi connectivity index (χ4n) is 4.44. The third-order valence-electron chi connectivity index (χ3n) is 4.42. The summed E-state index contributed by atoms with van der Waals surface area (Å²) in [5.41, 5.74) is 1.05. The van der Waals surface area contributed by atoms with Crippen molar-refractivity contribution in [3.05, 3.63) is 0 Å². The van der Waals surface area contributed by atoms with Gasteiger partial charge < -0.3 is 0 Å². The highest BCUT2D eigenvalue weighted by Gasteiger charge is 2.43. The first kappa shape index (κ1) is 11.4. The zero-order chi connectivity index (χ0) is 11.1. The lowest BCUT2D eigenvalue weighted by Crippen LogP contribution is -2.51. The monoisotopic (exact) mass is 209 g/mol. The third-order valence-corrected chi connectivity index (χ3v) is 4.42. The maximum atomic E-state index is 2.77. The molecule has 1 saturated heterocycles. The van der Waals surface area contributed by atoms with Gasteiger partial charge in [-0.15, -0.1) is 0 Å². The second-order valence-corrected chi connectivity index (χ2v) is 7.05. The molecule has 0 N–H and O–H groups in total. The van der Waals surface area contributed by atoms with E-state index in [0.29, 0.717) is 11.0 Å². The second-order valence-electron chi connectivity index (χ2n) is 7.05. The smallest absolute Gasteiger partial charge is 0.0189 e. The Morgan fingerprint density at radius 2 is 1.60 bits per heavy atom. The average molecular weight is 209 g/mol. The van der Waals surface area contributed by atoms with E-state index in [1.807, 2.05) is 0 Å². The molecule has 1 aliphatic carbocycles. The predicted octanol–water partition coefficient (Wildman–Crippen LogP) is 3.69. The quantitative estimate of drug-likeness (QED) is 0.636. The van der Waals surface area contributed by atoms with Crippen LogP contribution in [-0.2, 0) is 0 Å². The summed E-state index contributed by atoms with van der Waals surface area (Å²) in [6.45, 7) is 12.6. The van der Waals surface area contributed by atoms with Gasteiger partial charge in [-0.25, -0.2) is 0 Å². The first-order valence-electron chi connectivity index (χ1n) is 6.66. The van der Waals surface area contributed by atoms with Gasteiger partial charge in [0.25, 0.3) is 0 Å². The lowest BCUT2D eigenvalue weighted by atomic mass is 9.64. The first-order chi connectivity index (χ1) is 6.91. The molecule has 2 rings (SSSR count). The summed E-state index contributed by atoms with van der Waals surface area (Å²) < 4.78 is 0. The highest BCUT2D eigenvalue weighted by molar-refractivity contribution is 4.98. The van der Waals surface area contributed by atoms with Crippen molar-refractivity contribution in [3.8, 4) is 0 Å². The van der Waals surface area contributed by atoms with E-state index in [-0.39, 0.29) is 0 Å². The van der Waals surface area contributed by atoms with Crippen LogP contribution in [-0.4, -0.2) is 23.5 Å². The van der Waals surface area contributed by atoms with Crippen LogP contribution in [0.15, 0.2) is 0 Å². The van der Waals surface area contributed by atoms with Gasteiger partial charge in [-0.3, -0.25) is 4.90 Å². The molecule has 2 unspecified atom stereocenters. The van der Waals surface area contributed by atoms with Gasteiger partial charge >= 0.3 is 0 Å². The van der Waals surface area contributed by atoms with Crippen molar-refractivity contribution in [3.63, 3.8) is 0 Å². The van der Waals surface area contributed by atoms with E-state index in [4.69, 9.17) is 0 Å². The van der Waals surface area contributed by atoms with E-state index < -0.39 is 0 Å². The van der Waals surface area contributed by atoms with Gasteiger partial charge in [-0.1, -0.05) is 20.8 Å². The van der Waals surface area contributed by atoms with Gasteiger partial charge in [0.2, 0.25) is 0 Å². The Balaban J connectivity index is 2.12. The molecule has 0 aromatic rings. The zero-order valence-corrected chi connectivity index (χ0v) is 11.0. The van der Waals surface area contributed by atoms with Crippen LogP contribution in [0.1, 0.15) is 59.8 Å². The minimum absolute atomic E-state index is 0.498. The van der Waals surface area contributed by atoms with Crippen LogP contribution >= 0.6 is 0 Å². The van der Waals surface area contributed by atoms with Crippen LogP contribution < -0.4 is 0 Å². The summed E-state index contributed by atoms with van der Waals surface area (Å²) in [4.78, 5) is 2.77. The molecule has 0 spiro atoms. The summed E-state index contributed by atoms with van der Waals surface area (Å²) in [5.74, 6) is 0.902. The van der Waals surface area contributed by atoms with Crippen LogP contribution in [0.5, 0.6) is 0 Å². The van der Waals surface area contributed by atoms with Gasteiger partial charge in [0.05, 0.1) is 0 Å². The minimum atomic E-state index is 0.498. The van der Waals surface area contributed by atoms with Crippen LogP contribution in [0.2, 0.25) is 0 Å². The van der Waals surface area contributed by atoms with Crippen LogP contribution in [0, 0.1) is 11.3 Å². The molecule has 2 atom stereocenters. The number of rotatable bonds is 1. The summed E-state index contributed by atoms with van der Waals surface area (Å²) >= 11 is 0. The Labute approximate surface area is 95.2 Å². The van der Waals surface area contributed by atoms with Crippen molar-refractivity contribution < 1.29 is 0 Å². The van der Waals surface area contributed by atoms with Gasteiger partial charge in [-0.2, -0.15) is 0 Å². The average Bonchev–Trinajstić information content (AvgIpc) is 2.49. The summed E-state index contributed by atoms with van der Waals surface area (Å²) in [5, 5.41) is 0. The molecule has 2 aliphatic rings. The first-order valence-corrected chi connectivity index (χ1v) is 6.66. The minimum Gasteiger partial charge on any atom is -0.298 e. The molecule has 2 fully saturated rings. The van der Waals surface area contributed by atoms with Crippen LogP contribution in [0.3, 0.4) is 0 Å². The SMILES string of the molecule is CC1CC(C)(C)CC(C)(N2CCCC2)C1. The molecule has 0 radical (unpaired) electrons. The number of hydrogen-bond donors (Lipinski definition) is 0. The molecule has 15 heavy (non-hydrogen) atoms. The van der Waals surface area contributed by atoms with Crippen molar-refractivity contribution in [1.82, 2.24) is 4.90 Å². The highest BCUT2D eigenvalue weighted by Crippen LogP contribution is 2.47. The summed E-state index contributed by atoms with van der Waals surface area (Å²) in [6, 6.07) is 0. The lowest BCUT2D eigenvalue weighted by Gasteiger charge is -2.50. The summed E-state index contributed by atoms with van der Waals surface area (Å²) in [6.07, 6.45) is 7.06. The largest absolute Gasteiger partial charge is 0.298 e. The van der Waals surface area contributed by atoms with E-state index in [1.165, 1.54) is 45.2 Å². The molecule has 1 nitrogen and oxygen atoms in total. The normalized spacial score (nSPS) is 42.0. The lowest BCUT2D eigenvalue weighted by molar-refractivity contribution is 0.00894. The Morgan fingerprint density at radius 1 is 1.00 bits per heavy atom. The zero-order valence-electron chi connectivity index (χ0n) is 11.0. The van der Waals surface area contributed by atoms with Crippen molar-refractivity contribution in [1.29, 1.82) is 0 Å². The third kappa shape index (κ3) is 2.38. The molecular weight excluding hydrogens is 182 g/mol. The van der Waals surface area contributed by atoms with Gasteiger partial charge in [0.15, 0.2) is 0 Å². The molecule has 1 aliphatic heterocycles. The van der Waals surface area contributed by atoms with E-state index in [1.54, 1.807) is 0 Å². The molecule has 1 saturated carbocycles. The van der Waals surface area contributed by atoms with Crippen molar-refractivity contribution in [2.75, 3.05) is 13.1 Å². The molecule has 1 heterocycles. The van der Waals surface area contributed by atoms with Crippen molar-refractivity contribution >= 4 is 0 Å². The molecule has 1 heteroatoms. The standard InChI is InChI=1S/C14H27N/c1-12-9-13(2,3)11-14(4,10-12)15-7-5-6-8-15/h12H,5-11H2,1-4H3. The Morgan fingerprint density at radius 3 is 2.13 bits per heavy atom. The molecule has 0 bridgehead atoms. The Hall–Kier alpha value is -0.0400. The maximum Gasteiger partial charge on any atom is 0.0189 e. The van der Waals surface area contributed by atoms with E-state index in [2.05, 4.69) is 32.6 Å². The summed E-state index contributed by atoms with van der Waals surface area (Å²) in [7, 11) is 0. The number of hydrogen-bond acceptors (Lipinski definition) is 1. The molecule has 0 aromatic carbocycles. The number of nitrogens with zero attached hydrogens (tertiary/aromatic N) is 1. The fraction of sp³-hybridized carbons (Fsp3) is 1.00. The maximum absolute atomic E-state index is 2.77. The Kier molecular flexibility index (Phi) is 2.87. The van der Waals surface area contributed by atoms with E-state index in [9.17, 15) is 0 Å². The topological polar surface area (TPSA) is 3.24 Å². The van der Waals surface area contributed by atoms with Crippen LogP contribution in [0.4, 0.5) is 0 Å². The fourth-order valence-corrected chi connectivity index (χ4v) is 4.44. The second kappa shape index (κ2) is 3.76. The van der Waals surface area contributed by atoms with E-state index in [0.717, 1.165) is 5.92 Å².